The van der Waals surface area contributed by atoms with Gasteiger partial charge in [0.1, 0.15) is 17.4 Å². The van der Waals surface area contributed by atoms with E-state index in [2.05, 4.69) is 33.8 Å². The molecule has 1 atom stereocenters. The second kappa shape index (κ2) is 9.22. The van der Waals surface area contributed by atoms with Gasteiger partial charge in [-0.2, -0.15) is 18.3 Å². The number of aromatic nitrogens is 4. The van der Waals surface area contributed by atoms with Crippen LogP contribution in [-0.4, -0.2) is 37.7 Å². The van der Waals surface area contributed by atoms with Crippen LogP contribution >= 0.6 is 0 Å². The zero-order valence-electron chi connectivity index (χ0n) is 21.9. The van der Waals surface area contributed by atoms with Crippen molar-refractivity contribution in [2.75, 3.05) is 13.1 Å². The number of aryl methyl sites for hydroxylation is 1. The van der Waals surface area contributed by atoms with E-state index in [1.807, 2.05) is 31.3 Å². The molecule has 1 aliphatic carbocycles. The fraction of sp³-hybridized carbons (Fsp3) is 0.483. The van der Waals surface area contributed by atoms with Gasteiger partial charge in [-0.25, -0.2) is 9.97 Å². The van der Waals surface area contributed by atoms with Crippen molar-refractivity contribution < 1.29 is 17.6 Å². The van der Waals surface area contributed by atoms with E-state index in [1.165, 1.54) is 6.07 Å². The molecule has 2 aromatic heterocycles. The van der Waals surface area contributed by atoms with Crippen molar-refractivity contribution in [2.24, 2.45) is 18.9 Å². The number of hydrogen-bond donors (Lipinski definition) is 0. The zero-order valence-corrected chi connectivity index (χ0v) is 21.9. The number of likely N-dealkylation sites (tertiary alicyclic amines) is 1. The first-order valence-corrected chi connectivity index (χ1v) is 13.3. The van der Waals surface area contributed by atoms with E-state index in [0.29, 0.717) is 29.5 Å². The number of nitrogens with zero attached hydrogens (tertiary/aromatic N) is 5. The van der Waals surface area contributed by atoms with E-state index >= 15 is 0 Å². The lowest BCUT2D eigenvalue weighted by atomic mass is 9.58. The number of hydrogen-bond acceptors (Lipinski definition) is 5. The minimum atomic E-state index is -4.54. The van der Waals surface area contributed by atoms with Crippen LogP contribution in [0, 0.1) is 11.8 Å². The molecule has 2 aliphatic rings. The third kappa shape index (κ3) is 4.51. The van der Waals surface area contributed by atoms with Gasteiger partial charge >= 0.3 is 6.18 Å². The highest BCUT2D eigenvalue weighted by atomic mass is 19.4. The van der Waals surface area contributed by atoms with Crippen LogP contribution < -0.4 is 0 Å². The summed E-state index contributed by atoms with van der Waals surface area (Å²) >= 11 is 0. The van der Waals surface area contributed by atoms with Crippen LogP contribution in [0.1, 0.15) is 62.0 Å². The van der Waals surface area contributed by atoms with Crippen LogP contribution in [0.3, 0.4) is 0 Å². The Balaban J connectivity index is 1.39. The summed E-state index contributed by atoms with van der Waals surface area (Å²) in [7, 11) is 1.85. The Kier molecular flexibility index (Phi) is 6.09. The minimum absolute atomic E-state index is 0.188. The van der Waals surface area contributed by atoms with Crippen LogP contribution in [0.5, 0.6) is 0 Å². The Morgan fingerprint density at radius 2 is 1.92 bits per heavy atom. The van der Waals surface area contributed by atoms with Gasteiger partial charge in [-0.05, 0) is 79.5 Å². The van der Waals surface area contributed by atoms with Crippen LogP contribution in [0.15, 0.2) is 47.1 Å². The number of benzene rings is 2. The van der Waals surface area contributed by atoms with Crippen LogP contribution in [0.25, 0.3) is 22.6 Å². The molecule has 2 aromatic carbocycles. The highest BCUT2D eigenvalue weighted by Gasteiger charge is 2.48. The van der Waals surface area contributed by atoms with Gasteiger partial charge in [0.2, 0.25) is 5.89 Å². The molecule has 0 radical (unpaired) electrons. The molecule has 0 spiro atoms. The molecule has 6 nitrogen and oxygen atoms in total. The maximum atomic E-state index is 14.1. The first-order valence-electron chi connectivity index (χ1n) is 13.3. The molecular formula is C29H32F3N5O. The lowest BCUT2D eigenvalue weighted by Gasteiger charge is -2.45. The van der Waals surface area contributed by atoms with Gasteiger partial charge in [0.05, 0.1) is 5.41 Å². The van der Waals surface area contributed by atoms with Crippen LogP contribution in [0.2, 0.25) is 0 Å². The summed E-state index contributed by atoms with van der Waals surface area (Å²) in [5.41, 5.74) is 1.21. The predicted molar refractivity (Wildman–Crippen MR) is 138 cm³/mol. The average Bonchev–Trinajstić information content (AvgIpc) is 3.47. The van der Waals surface area contributed by atoms with Crippen LogP contribution in [-0.2, 0) is 25.2 Å². The lowest BCUT2D eigenvalue weighted by molar-refractivity contribution is -0.136. The largest absolute Gasteiger partial charge is 0.435 e. The average molecular weight is 524 g/mol. The fourth-order valence-electron chi connectivity index (χ4n) is 6.39. The molecule has 4 aromatic rings. The second-order valence-corrected chi connectivity index (χ2v) is 11.4. The van der Waals surface area contributed by atoms with Gasteiger partial charge in [0, 0.05) is 25.7 Å². The van der Waals surface area contributed by atoms with E-state index in [-0.39, 0.29) is 22.4 Å². The van der Waals surface area contributed by atoms with Crippen molar-refractivity contribution in [2.45, 2.75) is 57.7 Å². The topological polar surface area (TPSA) is 60.0 Å². The zero-order chi connectivity index (χ0) is 26.7. The first kappa shape index (κ1) is 25.1. The maximum absolute atomic E-state index is 14.1. The lowest BCUT2D eigenvalue weighted by Crippen LogP contribution is -2.42. The number of rotatable bonds is 5. The minimum Gasteiger partial charge on any atom is -0.435 e. The summed E-state index contributed by atoms with van der Waals surface area (Å²) in [6.45, 7) is 6.64. The molecule has 1 aliphatic heterocycles. The standard InChI is InChI=1S/C29H32F3N5O/c1-18-6-5-9-37(15-18)16-20-10-23(29(30,31)32)25-24(11-20)34-26(38-25)21-7-4-8-22(12-21)28(13-19(2)14-28)27-33-17-36(3)35-27/h4,7-8,10-12,17-19H,5-6,9,13-16H2,1-3H3/t18-,19?,28?/m0/s1. The van der Waals surface area contributed by atoms with Gasteiger partial charge in [-0.3, -0.25) is 9.58 Å². The van der Waals surface area contributed by atoms with Gasteiger partial charge in [0.15, 0.2) is 11.4 Å². The molecule has 1 saturated heterocycles. The highest BCUT2D eigenvalue weighted by Crippen LogP contribution is 2.51. The first-order chi connectivity index (χ1) is 18.1. The van der Waals surface area contributed by atoms with Crippen molar-refractivity contribution in [3.05, 3.63) is 65.2 Å². The molecule has 0 amide bonds. The molecule has 1 saturated carbocycles. The van der Waals surface area contributed by atoms with Gasteiger partial charge in [-0.15, -0.1) is 0 Å². The Bertz CT molecular complexity index is 1470. The summed E-state index contributed by atoms with van der Waals surface area (Å²) in [6.07, 6.45) is 1.19. The molecule has 38 heavy (non-hydrogen) atoms. The van der Waals surface area contributed by atoms with Gasteiger partial charge in [0.25, 0.3) is 0 Å². The third-order valence-electron chi connectivity index (χ3n) is 8.09. The molecule has 6 rings (SSSR count). The number of piperidine rings is 1. The van der Waals surface area contributed by atoms with E-state index in [0.717, 1.165) is 50.2 Å². The number of alkyl halides is 3. The molecule has 0 bridgehead atoms. The Morgan fingerprint density at radius 1 is 1.11 bits per heavy atom. The smallest absolute Gasteiger partial charge is 0.420 e. The summed E-state index contributed by atoms with van der Waals surface area (Å²) in [5, 5.41) is 4.59. The summed E-state index contributed by atoms with van der Waals surface area (Å²) in [6, 6.07) is 10.7. The number of halogens is 3. The number of oxazole rings is 1. The summed E-state index contributed by atoms with van der Waals surface area (Å²) in [4.78, 5) is 11.3. The monoisotopic (exact) mass is 523 g/mol. The molecule has 0 unspecified atom stereocenters. The van der Waals surface area contributed by atoms with E-state index in [9.17, 15) is 13.2 Å². The van der Waals surface area contributed by atoms with Crippen molar-refractivity contribution in [3.8, 4) is 11.5 Å². The van der Waals surface area contributed by atoms with E-state index < -0.39 is 11.7 Å². The van der Waals surface area contributed by atoms with E-state index in [1.54, 1.807) is 17.1 Å². The maximum Gasteiger partial charge on any atom is 0.420 e. The molecule has 0 N–H and O–H groups in total. The Labute approximate surface area is 219 Å². The van der Waals surface area contributed by atoms with Gasteiger partial charge in [-0.1, -0.05) is 26.0 Å². The Hall–Kier alpha value is -3.20. The molecule has 3 heterocycles. The quantitative estimate of drug-likeness (QED) is 0.295. The SMILES string of the molecule is CC1CC(c2cccc(-c3nc4cc(CN5CCC[C@H](C)C5)cc(C(F)(F)F)c4o3)c2)(c2ncn(C)n2)C1. The Morgan fingerprint density at radius 3 is 2.61 bits per heavy atom. The van der Waals surface area contributed by atoms with Crippen molar-refractivity contribution >= 4 is 11.1 Å². The van der Waals surface area contributed by atoms with Crippen molar-refractivity contribution in [1.29, 1.82) is 0 Å². The van der Waals surface area contributed by atoms with Crippen molar-refractivity contribution in [1.82, 2.24) is 24.6 Å². The predicted octanol–water partition coefficient (Wildman–Crippen LogP) is 6.59. The molecule has 2 fully saturated rings. The summed E-state index contributed by atoms with van der Waals surface area (Å²) < 4.78 is 49.9. The highest BCUT2D eigenvalue weighted by molar-refractivity contribution is 5.81. The molecule has 200 valence electrons. The van der Waals surface area contributed by atoms with E-state index in [4.69, 9.17) is 4.42 Å². The molecule has 9 heteroatoms. The summed E-state index contributed by atoms with van der Waals surface area (Å²) in [5.74, 6) is 2.03. The second-order valence-electron chi connectivity index (χ2n) is 11.4. The van der Waals surface area contributed by atoms with Crippen molar-refractivity contribution in [3.63, 3.8) is 0 Å². The third-order valence-corrected chi connectivity index (χ3v) is 8.09. The normalized spacial score (nSPS) is 24.6. The fourth-order valence-corrected chi connectivity index (χ4v) is 6.39. The molecular weight excluding hydrogens is 491 g/mol. The number of fused-ring (bicyclic) bond motifs is 1. The van der Waals surface area contributed by atoms with Crippen LogP contribution in [0.4, 0.5) is 13.2 Å². The van der Waals surface area contributed by atoms with Gasteiger partial charge < -0.3 is 4.42 Å².